The van der Waals surface area contributed by atoms with Crippen molar-refractivity contribution >= 4 is 21.6 Å². The van der Waals surface area contributed by atoms with Gasteiger partial charge in [-0.2, -0.15) is 0 Å². The van der Waals surface area contributed by atoms with E-state index in [4.69, 9.17) is 4.74 Å². The third kappa shape index (κ3) is 4.28. The maximum Gasteiger partial charge on any atom is 0.312 e. The molecule has 1 amide bonds. The maximum absolute atomic E-state index is 12.8. The molecule has 0 aliphatic rings. The Hall–Kier alpha value is -3.05. The lowest BCUT2D eigenvalue weighted by Gasteiger charge is -2.09. The quantitative estimate of drug-likeness (QED) is 0.585. The zero-order valence-electron chi connectivity index (χ0n) is 12.7. The number of halogens is 1. The van der Waals surface area contributed by atoms with Gasteiger partial charge >= 0.3 is 5.69 Å². The summed E-state index contributed by atoms with van der Waals surface area (Å²) in [6, 6.07) is 7.40. The standard InChI is InChI=1S/C14H12FN3O6S/c1-24-13-7-6-11(8-12(13)18(20)21)25(22,23)17-16-14(19)9-2-4-10(15)5-3-9/h2-8,17H,1H3,(H,16,19). The first-order valence-electron chi connectivity index (χ1n) is 6.65. The number of methoxy groups -OCH3 is 1. The zero-order chi connectivity index (χ0) is 18.6. The first kappa shape index (κ1) is 18.3. The predicted octanol–water partition coefficient (Wildman–Crippen LogP) is 1.37. The van der Waals surface area contributed by atoms with E-state index in [1.54, 1.807) is 0 Å². The van der Waals surface area contributed by atoms with E-state index in [-0.39, 0.29) is 11.3 Å². The number of carbonyl (C=O) groups excluding carboxylic acids is 1. The third-order valence-electron chi connectivity index (χ3n) is 3.06. The van der Waals surface area contributed by atoms with Crippen molar-refractivity contribution in [2.45, 2.75) is 4.90 Å². The molecule has 0 aliphatic carbocycles. The molecule has 2 rings (SSSR count). The first-order chi connectivity index (χ1) is 11.7. The van der Waals surface area contributed by atoms with E-state index in [0.717, 1.165) is 42.5 Å². The van der Waals surface area contributed by atoms with Crippen LogP contribution in [-0.2, 0) is 10.0 Å². The second-order valence-corrected chi connectivity index (χ2v) is 6.34. The van der Waals surface area contributed by atoms with Crippen LogP contribution in [0.15, 0.2) is 47.4 Å². The lowest BCUT2D eigenvalue weighted by molar-refractivity contribution is -0.386. The minimum absolute atomic E-state index is 0.0183. The molecule has 0 fully saturated rings. The predicted molar refractivity (Wildman–Crippen MR) is 83.8 cm³/mol. The molecule has 0 radical (unpaired) electrons. The number of nitro benzene ring substituents is 1. The minimum atomic E-state index is -4.27. The van der Waals surface area contributed by atoms with Gasteiger partial charge in [-0.25, -0.2) is 12.8 Å². The van der Waals surface area contributed by atoms with Crippen molar-refractivity contribution in [1.82, 2.24) is 10.3 Å². The first-order valence-corrected chi connectivity index (χ1v) is 8.13. The van der Waals surface area contributed by atoms with Gasteiger partial charge in [0.2, 0.25) is 0 Å². The Bertz CT molecular complexity index is 915. The maximum atomic E-state index is 12.8. The second kappa shape index (κ2) is 7.23. The van der Waals surface area contributed by atoms with Gasteiger partial charge in [0.05, 0.1) is 16.9 Å². The highest BCUT2D eigenvalue weighted by Gasteiger charge is 2.22. The van der Waals surface area contributed by atoms with Gasteiger partial charge in [-0.15, -0.1) is 4.83 Å². The van der Waals surface area contributed by atoms with Crippen LogP contribution >= 0.6 is 0 Å². The van der Waals surface area contributed by atoms with Crippen molar-refractivity contribution in [3.63, 3.8) is 0 Å². The van der Waals surface area contributed by atoms with Crippen LogP contribution in [-0.4, -0.2) is 26.4 Å². The van der Waals surface area contributed by atoms with Gasteiger partial charge in [0.25, 0.3) is 15.9 Å². The number of hydrogen-bond acceptors (Lipinski definition) is 6. The Kier molecular flexibility index (Phi) is 5.29. The largest absolute Gasteiger partial charge is 0.490 e. The number of nitro groups is 1. The van der Waals surface area contributed by atoms with Crippen molar-refractivity contribution < 1.29 is 27.3 Å². The monoisotopic (exact) mass is 369 g/mol. The Balaban J connectivity index is 2.19. The van der Waals surface area contributed by atoms with Crippen molar-refractivity contribution in [3.8, 4) is 5.75 Å². The molecular weight excluding hydrogens is 357 g/mol. The average molecular weight is 369 g/mol. The van der Waals surface area contributed by atoms with Gasteiger partial charge in [0.15, 0.2) is 5.75 Å². The molecule has 0 aliphatic heterocycles. The van der Waals surface area contributed by atoms with Gasteiger partial charge in [-0.05, 0) is 36.4 Å². The van der Waals surface area contributed by atoms with Crippen molar-refractivity contribution in [3.05, 3.63) is 64.0 Å². The summed E-state index contributed by atoms with van der Waals surface area (Å²) in [6.45, 7) is 0. The fraction of sp³-hybridized carbons (Fsp3) is 0.0714. The van der Waals surface area contributed by atoms with Crippen LogP contribution < -0.4 is 15.0 Å². The summed E-state index contributed by atoms with van der Waals surface area (Å²) < 4.78 is 41.9. The minimum Gasteiger partial charge on any atom is -0.490 e. The molecule has 0 saturated heterocycles. The number of hydrazine groups is 1. The van der Waals surface area contributed by atoms with Gasteiger partial charge in [-0.3, -0.25) is 20.3 Å². The van der Waals surface area contributed by atoms with Crippen molar-refractivity contribution in [2.24, 2.45) is 0 Å². The molecule has 9 nitrogen and oxygen atoms in total. The van der Waals surface area contributed by atoms with E-state index in [0.29, 0.717) is 0 Å². The summed E-state index contributed by atoms with van der Waals surface area (Å²) in [4.78, 5) is 23.3. The van der Waals surface area contributed by atoms with Crippen LogP contribution in [0, 0.1) is 15.9 Å². The van der Waals surface area contributed by atoms with Crippen LogP contribution in [0.4, 0.5) is 10.1 Å². The molecule has 2 aromatic carbocycles. The van der Waals surface area contributed by atoms with E-state index < -0.39 is 37.3 Å². The summed E-state index contributed by atoms with van der Waals surface area (Å²) in [6.07, 6.45) is 0. The number of sulfonamides is 1. The molecular formula is C14H12FN3O6S. The number of carbonyl (C=O) groups is 1. The molecule has 0 heterocycles. The average Bonchev–Trinajstić information content (AvgIpc) is 2.59. The van der Waals surface area contributed by atoms with Crippen LogP contribution in [0.1, 0.15) is 10.4 Å². The van der Waals surface area contributed by atoms with E-state index >= 15 is 0 Å². The summed E-state index contributed by atoms with van der Waals surface area (Å²) in [5, 5.41) is 10.9. The number of nitrogens with zero attached hydrogens (tertiary/aromatic N) is 1. The molecule has 2 aromatic rings. The Morgan fingerprint density at radius 1 is 1.20 bits per heavy atom. The van der Waals surface area contributed by atoms with Crippen molar-refractivity contribution in [2.75, 3.05) is 7.11 Å². The fourth-order valence-electron chi connectivity index (χ4n) is 1.83. The van der Waals surface area contributed by atoms with E-state index in [1.165, 1.54) is 7.11 Å². The second-order valence-electron chi connectivity index (χ2n) is 4.66. The molecule has 25 heavy (non-hydrogen) atoms. The highest BCUT2D eigenvalue weighted by molar-refractivity contribution is 7.89. The fourth-order valence-corrected chi connectivity index (χ4v) is 2.68. The number of amides is 1. The van der Waals surface area contributed by atoms with Crippen LogP contribution in [0.25, 0.3) is 0 Å². The van der Waals surface area contributed by atoms with Gasteiger partial charge in [-0.1, -0.05) is 0 Å². The third-order valence-corrected chi connectivity index (χ3v) is 4.31. The normalized spacial score (nSPS) is 11.0. The summed E-state index contributed by atoms with van der Waals surface area (Å²) >= 11 is 0. The highest BCUT2D eigenvalue weighted by Crippen LogP contribution is 2.29. The van der Waals surface area contributed by atoms with E-state index in [9.17, 15) is 27.7 Å². The summed E-state index contributed by atoms with van der Waals surface area (Å²) in [5.74, 6) is -1.49. The smallest absolute Gasteiger partial charge is 0.312 e. The molecule has 0 atom stereocenters. The van der Waals surface area contributed by atoms with Gasteiger partial charge in [0.1, 0.15) is 5.82 Å². The molecule has 0 bridgehead atoms. The molecule has 2 N–H and O–H groups in total. The van der Waals surface area contributed by atoms with Gasteiger partial charge in [0, 0.05) is 11.6 Å². The lowest BCUT2D eigenvalue weighted by atomic mass is 10.2. The molecule has 0 aromatic heterocycles. The zero-order valence-corrected chi connectivity index (χ0v) is 13.5. The van der Waals surface area contributed by atoms with Crippen LogP contribution in [0.5, 0.6) is 5.75 Å². The number of benzene rings is 2. The highest BCUT2D eigenvalue weighted by atomic mass is 32.2. The molecule has 11 heteroatoms. The van der Waals surface area contributed by atoms with E-state index in [2.05, 4.69) is 0 Å². The van der Waals surface area contributed by atoms with Crippen molar-refractivity contribution in [1.29, 1.82) is 0 Å². The molecule has 132 valence electrons. The topological polar surface area (TPSA) is 128 Å². The number of rotatable bonds is 6. The Morgan fingerprint density at radius 3 is 2.40 bits per heavy atom. The summed E-state index contributed by atoms with van der Waals surface area (Å²) in [7, 11) is -3.06. The Labute approximate surface area is 141 Å². The molecule has 0 saturated carbocycles. The Morgan fingerprint density at radius 2 is 1.84 bits per heavy atom. The van der Waals surface area contributed by atoms with Crippen LogP contribution in [0.2, 0.25) is 0 Å². The number of nitrogens with one attached hydrogen (secondary N) is 2. The van der Waals surface area contributed by atoms with Crippen LogP contribution in [0.3, 0.4) is 0 Å². The SMILES string of the molecule is COc1ccc(S(=O)(=O)NNC(=O)c2ccc(F)cc2)cc1[N+](=O)[O-]. The van der Waals surface area contributed by atoms with Gasteiger partial charge < -0.3 is 4.74 Å². The lowest BCUT2D eigenvalue weighted by Crippen LogP contribution is -2.41. The number of hydrogen-bond donors (Lipinski definition) is 2. The molecule has 0 unspecified atom stereocenters. The van der Waals surface area contributed by atoms with E-state index in [1.807, 2.05) is 10.3 Å². The molecule has 0 spiro atoms. The number of ether oxygens (including phenoxy) is 1. The summed E-state index contributed by atoms with van der Waals surface area (Å²) in [5.41, 5.74) is 1.41.